The van der Waals surface area contributed by atoms with Crippen LogP contribution in [0.3, 0.4) is 0 Å². The van der Waals surface area contributed by atoms with Crippen molar-refractivity contribution in [2.45, 2.75) is 6.54 Å². The van der Waals surface area contributed by atoms with Crippen LogP contribution >= 0.6 is 11.6 Å². The third-order valence-corrected chi connectivity index (χ3v) is 3.66. The van der Waals surface area contributed by atoms with E-state index in [9.17, 15) is 19.7 Å². The molecular weight excluding hydrogens is 350 g/mol. The first kappa shape index (κ1) is 16.5. The molecule has 126 valence electrons. The molecule has 1 N–H and O–H groups in total. The van der Waals surface area contributed by atoms with Crippen molar-refractivity contribution in [3.05, 3.63) is 68.3 Å². The van der Waals surface area contributed by atoms with Crippen LogP contribution in [0.5, 0.6) is 0 Å². The van der Waals surface area contributed by atoms with Crippen molar-refractivity contribution in [2.24, 2.45) is 0 Å². The minimum Gasteiger partial charge on any atom is -0.324 e. The lowest BCUT2D eigenvalue weighted by Crippen LogP contribution is -2.28. The zero-order chi connectivity index (χ0) is 18.0. The van der Waals surface area contributed by atoms with Crippen LogP contribution in [-0.2, 0) is 11.3 Å². The summed E-state index contributed by atoms with van der Waals surface area (Å²) in [4.78, 5) is 42.6. The van der Waals surface area contributed by atoms with Crippen molar-refractivity contribution < 1.29 is 9.72 Å². The van der Waals surface area contributed by atoms with Gasteiger partial charge in [-0.15, -0.1) is 0 Å². The lowest BCUT2D eigenvalue weighted by Gasteiger charge is -2.08. The van der Waals surface area contributed by atoms with Gasteiger partial charge in [-0.1, -0.05) is 11.6 Å². The summed E-state index contributed by atoms with van der Waals surface area (Å²) in [5, 5.41) is 13.6. The average molecular weight is 360 g/mol. The zero-order valence-electron chi connectivity index (χ0n) is 12.5. The number of halogens is 1. The van der Waals surface area contributed by atoms with Crippen molar-refractivity contribution in [1.29, 1.82) is 0 Å². The number of anilines is 1. The van der Waals surface area contributed by atoms with Crippen molar-refractivity contribution in [3.63, 3.8) is 0 Å². The number of aromatic nitrogens is 3. The number of fused-ring (bicyclic) bond motifs is 1. The lowest BCUT2D eigenvalue weighted by molar-refractivity contribution is -0.384. The van der Waals surface area contributed by atoms with Crippen molar-refractivity contribution in [2.75, 3.05) is 5.32 Å². The summed E-state index contributed by atoms with van der Waals surface area (Å²) in [6.45, 7) is -0.299. The highest BCUT2D eigenvalue weighted by Gasteiger charge is 2.14. The van der Waals surface area contributed by atoms with E-state index in [4.69, 9.17) is 11.6 Å². The molecule has 0 radical (unpaired) electrons. The number of nitro groups is 1. The van der Waals surface area contributed by atoms with Crippen LogP contribution in [0.1, 0.15) is 0 Å². The van der Waals surface area contributed by atoms with Crippen molar-refractivity contribution in [3.8, 4) is 0 Å². The van der Waals surface area contributed by atoms with E-state index in [-0.39, 0.29) is 28.6 Å². The number of pyridine rings is 1. The van der Waals surface area contributed by atoms with Crippen molar-refractivity contribution >= 4 is 39.9 Å². The molecule has 0 saturated carbocycles. The van der Waals surface area contributed by atoms with Crippen LogP contribution in [0.4, 0.5) is 11.4 Å². The van der Waals surface area contributed by atoms with Crippen LogP contribution in [0.25, 0.3) is 11.0 Å². The first-order chi connectivity index (χ1) is 12.0. The van der Waals surface area contributed by atoms with Gasteiger partial charge in [0.25, 0.3) is 11.2 Å². The largest absolute Gasteiger partial charge is 0.324 e. The third kappa shape index (κ3) is 3.45. The Morgan fingerprint density at radius 3 is 2.88 bits per heavy atom. The van der Waals surface area contributed by atoms with Crippen LogP contribution < -0.4 is 10.9 Å². The number of carbonyl (C=O) groups is 1. The van der Waals surface area contributed by atoms with Gasteiger partial charge in [-0.2, -0.15) is 0 Å². The Morgan fingerprint density at radius 1 is 1.32 bits per heavy atom. The van der Waals surface area contributed by atoms with Crippen molar-refractivity contribution in [1.82, 2.24) is 14.5 Å². The maximum absolute atomic E-state index is 12.3. The molecule has 0 aliphatic carbocycles. The fourth-order valence-corrected chi connectivity index (χ4v) is 2.38. The monoisotopic (exact) mass is 359 g/mol. The minimum absolute atomic E-state index is 0.0366. The van der Waals surface area contributed by atoms with E-state index in [0.29, 0.717) is 5.39 Å². The molecule has 3 aromatic rings. The number of benzene rings is 1. The maximum Gasteiger partial charge on any atom is 0.289 e. The average Bonchev–Trinajstić information content (AvgIpc) is 2.59. The molecule has 10 heteroatoms. The normalized spacial score (nSPS) is 10.6. The second-order valence-corrected chi connectivity index (χ2v) is 5.43. The Hall–Kier alpha value is -3.33. The molecule has 0 saturated heterocycles. The number of nitro benzene ring substituents is 1. The summed E-state index contributed by atoms with van der Waals surface area (Å²) in [7, 11) is 0. The first-order valence-corrected chi connectivity index (χ1v) is 7.37. The number of amides is 1. The van der Waals surface area contributed by atoms with Gasteiger partial charge in [0.15, 0.2) is 5.65 Å². The lowest BCUT2D eigenvalue weighted by atomic mass is 10.2. The molecule has 0 aliphatic rings. The molecule has 9 nitrogen and oxygen atoms in total. The first-order valence-electron chi connectivity index (χ1n) is 6.99. The molecule has 0 bridgehead atoms. The van der Waals surface area contributed by atoms with E-state index in [2.05, 4.69) is 15.3 Å². The number of hydrogen-bond acceptors (Lipinski definition) is 6. The van der Waals surface area contributed by atoms with Crippen LogP contribution in [0.15, 0.2) is 47.7 Å². The van der Waals surface area contributed by atoms with E-state index in [1.165, 1.54) is 24.7 Å². The molecule has 0 aliphatic heterocycles. The molecule has 2 aromatic heterocycles. The number of hydrogen-bond donors (Lipinski definition) is 1. The molecule has 3 rings (SSSR count). The summed E-state index contributed by atoms with van der Waals surface area (Å²) in [6.07, 6.45) is 2.74. The number of carbonyl (C=O) groups excluding carboxylic acids is 1. The zero-order valence-corrected chi connectivity index (χ0v) is 13.3. The predicted octanol–water partition coefficient (Wildman–Crippen LogP) is 1.99. The maximum atomic E-state index is 12.3. The highest BCUT2D eigenvalue weighted by molar-refractivity contribution is 6.32. The molecular formula is C15H10ClN5O4. The molecule has 0 atom stereocenters. The van der Waals surface area contributed by atoms with Crippen LogP contribution in [-0.4, -0.2) is 25.4 Å². The predicted molar refractivity (Wildman–Crippen MR) is 90.5 cm³/mol. The summed E-state index contributed by atoms with van der Waals surface area (Å²) >= 11 is 5.72. The Bertz CT molecular complexity index is 1050. The van der Waals surface area contributed by atoms with E-state index < -0.39 is 16.4 Å². The Kier molecular flexibility index (Phi) is 4.40. The van der Waals surface area contributed by atoms with E-state index in [1.807, 2.05) is 0 Å². The Balaban J connectivity index is 1.82. The van der Waals surface area contributed by atoms with Gasteiger partial charge in [-0.25, -0.2) is 9.97 Å². The van der Waals surface area contributed by atoms with Gasteiger partial charge in [0.2, 0.25) is 5.91 Å². The molecule has 0 unspecified atom stereocenters. The smallest absolute Gasteiger partial charge is 0.289 e. The van der Waals surface area contributed by atoms with Crippen LogP contribution in [0, 0.1) is 10.1 Å². The second kappa shape index (κ2) is 6.65. The van der Waals surface area contributed by atoms with Crippen LogP contribution in [0.2, 0.25) is 5.02 Å². The summed E-state index contributed by atoms with van der Waals surface area (Å²) in [5.41, 5.74) is -0.243. The van der Waals surface area contributed by atoms with Gasteiger partial charge in [-0.05, 0) is 24.3 Å². The van der Waals surface area contributed by atoms with Gasteiger partial charge in [0.05, 0.1) is 10.3 Å². The third-order valence-electron chi connectivity index (χ3n) is 3.34. The quantitative estimate of drug-likeness (QED) is 0.561. The fourth-order valence-electron chi connectivity index (χ4n) is 2.20. The van der Waals surface area contributed by atoms with E-state index >= 15 is 0 Å². The number of nitrogens with one attached hydrogen (secondary N) is 1. The summed E-state index contributed by atoms with van der Waals surface area (Å²) in [6, 6.07) is 7.05. The minimum atomic E-state index is -0.650. The van der Waals surface area contributed by atoms with Gasteiger partial charge in [-0.3, -0.25) is 24.3 Å². The fraction of sp³-hybridized carbons (Fsp3) is 0.0667. The molecule has 2 heterocycles. The van der Waals surface area contributed by atoms with Gasteiger partial charge >= 0.3 is 0 Å². The molecule has 25 heavy (non-hydrogen) atoms. The van der Waals surface area contributed by atoms with E-state index in [0.717, 1.165) is 10.6 Å². The topological polar surface area (TPSA) is 120 Å². The van der Waals surface area contributed by atoms with Gasteiger partial charge in [0.1, 0.15) is 17.9 Å². The standard InChI is InChI=1S/C15H10ClN5O4/c16-11-4-3-9(6-12(11)21(24)25)19-13(22)7-20-8-18-14-10(15(20)23)2-1-5-17-14/h1-6,8H,7H2,(H,19,22). The molecule has 1 amide bonds. The Morgan fingerprint density at radius 2 is 2.12 bits per heavy atom. The molecule has 1 aromatic carbocycles. The molecule has 0 fully saturated rings. The van der Waals surface area contributed by atoms with Gasteiger partial charge < -0.3 is 5.32 Å². The summed E-state index contributed by atoms with van der Waals surface area (Å²) < 4.78 is 1.13. The molecule has 0 spiro atoms. The highest BCUT2D eigenvalue weighted by atomic mass is 35.5. The number of nitrogens with zero attached hydrogens (tertiary/aromatic N) is 4. The SMILES string of the molecule is O=C(Cn1cnc2ncccc2c1=O)Nc1ccc(Cl)c([N+](=O)[O-])c1. The van der Waals surface area contributed by atoms with E-state index in [1.54, 1.807) is 12.1 Å². The second-order valence-electron chi connectivity index (χ2n) is 5.02. The Labute approximate surface area is 145 Å². The summed E-state index contributed by atoms with van der Waals surface area (Å²) in [5.74, 6) is -0.538. The highest BCUT2D eigenvalue weighted by Crippen LogP contribution is 2.27. The van der Waals surface area contributed by atoms with Gasteiger partial charge in [0, 0.05) is 18.0 Å². The number of rotatable bonds is 4.